The maximum atomic E-state index is 10.5. The number of aromatic carboxylic acids is 1. The first-order chi connectivity index (χ1) is 6.02. The summed E-state index contributed by atoms with van der Waals surface area (Å²) in [6.45, 7) is 0. The van der Waals surface area contributed by atoms with Crippen LogP contribution in [-0.2, 0) is 0 Å². The van der Waals surface area contributed by atoms with E-state index in [2.05, 4.69) is 0 Å². The Kier molecular flexibility index (Phi) is 5.68. The van der Waals surface area contributed by atoms with E-state index in [9.17, 15) is 4.79 Å². The predicted octanol–water partition coefficient (Wildman–Crippen LogP) is 1.56. The van der Waals surface area contributed by atoms with Crippen LogP contribution in [0.5, 0.6) is 0 Å². The third-order valence-corrected chi connectivity index (χ3v) is 4.97. The van der Waals surface area contributed by atoms with Crippen molar-refractivity contribution in [2.24, 2.45) is 0 Å². The van der Waals surface area contributed by atoms with Gasteiger partial charge >= 0.3 is 88.1 Å². The van der Waals surface area contributed by atoms with Crippen molar-refractivity contribution < 1.29 is 9.90 Å². The van der Waals surface area contributed by atoms with Gasteiger partial charge in [-0.15, -0.1) is 12.4 Å². The molecule has 0 saturated carbocycles. The van der Waals surface area contributed by atoms with Gasteiger partial charge in [-0.3, -0.25) is 0 Å². The summed E-state index contributed by atoms with van der Waals surface area (Å²) >= 11 is -2.06. The number of rotatable bonds is 2. The van der Waals surface area contributed by atoms with Gasteiger partial charge in [0, 0.05) is 0 Å². The number of nitrogens with two attached hydrogens (primary N) is 1. The molecule has 0 fully saturated rings. The predicted molar refractivity (Wildman–Crippen MR) is 62.2 cm³/mol. The van der Waals surface area contributed by atoms with Crippen molar-refractivity contribution in [2.45, 2.75) is 0 Å². The van der Waals surface area contributed by atoms with Crippen LogP contribution in [0.25, 0.3) is 0 Å². The molecule has 0 aromatic heterocycles. The van der Waals surface area contributed by atoms with E-state index in [-0.39, 0.29) is 18.0 Å². The molecule has 1 rings (SSSR count). The van der Waals surface area contributed by atoms with E-state index in [4.69, 9.17) is 30.7 Å². The average Bonchev–Trinajstić information content (AvgIpc) is 2.03. The summed E-state index contributed by atoms with van der Waals surface area (Å²) < 4.78 is 0.667. The molecular weight excluding hydrogens is 311 g/mol. The van der Waals surface area contributed by atoms with Crippen molar-refractivity contribution in [3.8, 4) is 0 Å². The van der Waals surface area contributed by atoms with Gasteiger partial charge in [-0.1, -0.05) is 0 Å². The van der Waals surface area contributed by atoms with Gasteiger partial charge < -0.3 is 0 Å². The summed E-state index contributed by atoms with van der Waals surface area (Å²) in [6.07, 6.45) is 0. The Morgan fingerprint density at radius 2 is 2.00 bits per heavy atom. The van der Waals surface area contributed by atoms with Crippen LogP contribution in [0.2, 0.25) is 0 Å². The van der Waals surface area contributed by atoms with Gasteiger partial charge in [0.15, 0.2) is 0 Å². The number of halogens is 3. The third kappa shape index (κ3) is 3.25. The topological polar surface area (TPSA) is 63.3 Å². The van der Waals surface area contributed by atoms with Crippen molar-refractivity contribution in [1.82, 2.24) is 0 Å². The molecule has 0 aliphatic carbocycles. The Bertz CT molecular complexity index is 346. The van der Waals surface area contributed by atoms with Gasteiger partial charge in [0.1, 0.15) is 0 Å². The van der Waals surface area contributed by atoms with E-state index in [0.717, 1.165) is 0 Å². The molecule has 78 valence electrons. The van der Waals surface area contributed by atoms with Gasteiger partial charge in [-0.25, -0.2) is 0 Å². The standard InChI is InChI=1S/C7H6AsCl2NO2.ClH/c9-8(10)5-2-1-4(7(12)13)3-6(5)11;/h1-3H,11H2,(H,12,13);1H. The molecule has 0 spiro atoms. The fourth-order valence-electron chi connectivity index (χ4n) is 0.841. The maximum absolute atomic E-state index is 10.5. The number of anilines is 1. The molecule has 7 heteroatoms. The summed E-state index contributed by atoms with van der Waals surface area (Å²) in [6, 6.07) is 4.38. The molecule has 1 aromatic rings. The summed E-state index contributed by atoms with van der Waals surface area (Å²) in [5, 5.41) is 8.63. The fourth-order valence-corrected chi connectivity index (χ4v) is 3.38. The number of carbonyl (C=O) groups is 1. The summed E-state index contributed by atoms with van der Waals surface area (Å²) in [5.41, 5.74) is 6.06. The van der Waals surface area contributed by atoms with E-state index < -0.39 is 18.7 Å². The number of benzene rings is 1. The second kappa shape index (κ2) is 5.72. The van der Waals surface area contributed by atoms with Crippen LogP contribution in [0.3, 0.4) is 0 Å². The van der Waals surface area contributed by atoms with Gasteiger partial charge in [0.2, 0.25) is 0 Å². The molecule has 0 bridgehead atoms. The molecule has 0 aliphatic heterocycles. The zero-order chi connectivity index (χ0) is 10.0. The second-order valence-corrected chi connectivity index (χ2v) is 8.71. The van der Waals surface area contributed by atoms with Crippen LogP contribution in [0.15, 0.2) is 18.2 Å². The van der Waals surface area contributed by atoms with Crippen LogP contribution in [0.1, 0.15) is 10.4 Å². The molecule has 14 heavy (non-hydrogen) atoms. The van der Waals surface area contributed by atoms with Gasteiger partial charge in [0.25, 0.3) is 0 Å². The van der Waals surface area contributed by atoms with E-state index in [1.807, 2.05) is 0 Å². The molecule has 0 aliphatic rings. The fraction of sp³-hybridized carbons (Fsp3) is 0. The van der Waals surface area contributed by atoms with Crippen molar-refractivity contribution in [1.29, 1.82) is 0 Å². The summed E-state index contributed by atoms with van der Waals surface area (Å²) in [4.78, 5) is 10.5. The molecule has 0 unspecified atom stereocenters. The minimum absolute atomic E-state index is 0. The van der Waals surface area contributed by atoms with E-state index >= 15 is 0 Å². The first-order valence-electron chi connectivity index (χ1n) is 3.27. The van der Waals surface area contributed by atoms with Gasteiger partial charge in [-0.05, 0) is 0 Å². The Morgan fingerprint density at radius 1 is 1.43 bits per heavy atom. The zero-order valence-corrected chi connectivity index (χ0v) is 11.0. The number of hydrogen-bond donors (Lipinski definition) is 2. The Labute approximate surface area is 100 Å². The normalized spacial score (nSPS) is 9.64. The average molecular weight is 318 g/mol. The van der Waals surface area contributed by atoms with Crippen molar-refractivity contribution in [3.63, 3.8) is 0 Å². The third-order valence-electron chi connectivity index (χ3n) is 1.46. The number of carboxylic acid groups (broad SMARTS) is 1. The van der Waals surface area contributed by atoms with Gasteiger partial charge in [0.05, 0.1) is 0 Å². The van der Waals surface area contributed by atoms with Crippen LogP contribution in [0.4, 0.5) is 5.69 Å². The first kappa shape index (κ1) is 13.9. The Morgan fingerprint density at radius 3 is 2.36 bits per heavy atom. The first-order valence-corrected chi connectivity index (χ1v) is 9.14. The Hall–Kier alpha value is -0.0816. The quantitative estimate of drug-likeness (QED) is 0.642. The van der Waals surface area contributed by atoms with Crippen LogP contribution in [0, 0.1) is 0 Å². The molecule has 0 heterocycles. The SMILES string of the molecule is Cl.Nc1cc(C(=O)O)ccc1[As](Cl)Cl. The van der Waals surface area contributed by atoms with Crippen LogP contribution in [-0.4, -0.2) is 23.8 Å². The molecule has 0 radical (unpaired) electrons. The zero-order valence-electron chi connectivity index (χ0n) is 6.78. The number of hydrogen-bond acceptors (Lipinski definition) is 2. The molecule has 0 amide bonds. The van der Waals surface area contributed by atoms with E-state index in [1.54, 1.807) is 6.07 Å². The molecule has 0 atom stereocenters. The van der Waals surface area contributed by atoms with E-state index in [1.165, 1.54) is 12.1 Å². The van der Waals surface area contributed by atoms with Crippen molar-refractivity contribution in [3.05, 3.63) is 23.8 Å². The van der Waals surface area contributed by atoms with Crippen LogP contribution < -0.4 is 10.1 Å². The van der Waals surface area contributed by atoms with Gasteiger partial charge in [-0.2, -0.15) is 0 Å². The molecule has 3 nitrogen and oxygen atoms in total. The Balaban J connectivity index is 0.00000169. The van der Waals surface area contributed by atoms with E-state index in [0.29, 0.717) is 10.0 Å². The van der Waals surface area contributed by atoms with Crippen LogP contribution >= 0.6 is 32.3 Å². The molecule has 3 N–H and O–H groups in total. The molecule has 0 saturated heterocycles. The second-order valence-electron chi connectivity index (χ2n) is 2.31. The summed E-state index contributed by atoms with van der Waals surface area (Å²) in [5.74, 6) is -1.01. The van der Waals surface area contributed by atoms with Crippen molar-refractivity contribution in [2.75, 3.05) is 5.73 Å². The summed E-state index contributed by atoms with van der Waals surface area (Å²) in [7, 11) is 11.4. The van der Waals surface area contributed by atoms with Crippen molar-refractivity contribution >= 4 is 61.1 Å². The molecule has 1 aromatic carbocycles. The number of nitrogen functional groups attached to an aromatic ring is 1. The monoisotopic (exact) mass is 317 g/mol. The minimum atomic E-state index is -2.06. The number of carboxylic acids is 1. The molecular formula is C7H7AsCl3NO2.